The van der Waals surface area contributed by atoms with Gasteiger partial charge in [-0.25, -0.2) is 4.39 Å². The molecule has 0 radical (unpaired) electrons. The Morgan fingerprint density at radius 3 is 2.50 bits per heavy atom. The fourth-order valence-corrected chi connectivity index (χ4v) is 7.11. The fraction of sp³-hybridized carbons (Fsp3) is 0.367. The van der Waals surface area contributed by atoms with E-state index in [4.69, 9.17) is 27.9 Å². The molecule has 1 saturated heterocycles. The van der Waals surface area contributed by atoms with E-state index in [0.29, 0.717) is 29.6 Å². The minimum atomic E-state index is -1.30. The largest absolute Gasteiger partial charge is 0.361 e. The smallest absolute Gasteiger partial charge is 0.242 e. The molecule has 1 fully saturated rings. The molecule has 3 aromatic carbocycles. The molecule has 2 heterocycles. The monoisotopic (exact) mass is 570 g/mol. The summed E-state index contributed by atoms with van der Waals surface area (Å²) in [6, 6.07) is 20.4. The molecule has 2 aliphatic heterocycles. The number of amides is 1. The van der Waals surface area contributed by atoms with Crippen molar-refractivity contribution in [3.63, 3.8) is 0 Å². The SMILES string of the molecule is C[Si](C)(C)CCOCN1C(=O)[C@]2(c3ccc(Cl)cc31)[C@@H](c1cccc(F)c1)NCC[C@H]2c1cccc(Cl)c1. The molecule has 0 saturated carbocycles. The van der Waals surface area contributed by atoms with Crippen LogP contribution in [0.4, 0.5) is 10.1 Å². The summed E-state index contributed by atoms with van der Waals surface area (Å²) in [7, 11) is -1.30. The van der Waals surface area contributed by atoms with Crippen LogP contribution in [0, 0.1) is 5.82 Å². The van der Waals surface area contributed by atoms with Crippen molar-refractivity contribution < 1.29 is 13.9 Å². The Morgan fingerprint density at radius 2 is 1.76 bits per heavy atom. The highest BCUT2D eigenvalue weighted by Gasteiger charge is 2.61. The van der Waals surface area contributed by atoms with E-state index in [1.54, 1.807) is 11.0 Å². The summed E-state index contributed by atoms with van der Waals surface area (Å²) in [6.07, 6.45) is 0.713. The van der Waals surface area contributed by atoms with Crippen molar-refractivity contribution in [2.75, 3.05) is 24.8 Å². The molecule has 1 N–H and O–H groups in total. The predicted octanol–water partition coefficient (Wildman–Crippen LogP) is 7.55. The molecule has 4 nitrogen and oxygen atoms in total. The van der Waals surface area contributed by atoms with Crippen molar-refractivity contribution in [3.8, 4) is 0 Å². The Hall–Kier alpha value is -2.22. The molecule has 3 atom stereocenters. The Kier molecular flexibility index (Phi) is 7.73. The number of fused-ring (bicyclic) bond motifs is 2. The second-order valence-electron chi connectivity index (χ2n) is 11.5. The summed E-state index contributed by atoms with van der Waals surface area (Å²) in [5, 5.41) is 4.75. The van der Waals surface area contributed by atoms with Gasteiger partial charge in [-0.1, -0.05) is 73.2 Å². The molecule has 8 heteroatoms. The maximum Gasteiger partial charge on any atom is 0.242 e. The molecule has 1 spiro atoms. The van der Waals surface area contributed by atoms with Crippen LogP contribution in [-0.4, -0.2) is 33.9 Å². The minimum absolute atomic E-state index is 0.0748. The summed E-state index contributed by atoms with van der Waals surface area (Å²) >= 11 is 12.9. The molecule has 0 unspecified atom stereocenters. The van der Waals surface area contributed by atoms with Gasteiger partial charge in [0.15, 0.2) is 0 Å². The average Bonchev–Trinajstić information content (AvgIpc) is 3.09. The summed E-state index contributed by atoms with van der Waals surface area (Å²) < 4.78 is 20.6. The van der Waals surface area contributed by atoms with E-state index in [-0.39, 0.29) is 24.4 Å². The van der Waals surface area contributed by atoms with Crippen LogP contribution in [0.15, 0.2) is 66.7 Å². The lowest BCUT2D eigenvalue weighted by molar-refractivity contribution is -0.127. The first-order valence-corrected chi connectivity index (χ1v) is 17.5. The Balaban J connectivity index is 1.67. The summed E-state index contributed by atoms with van der Waals surface area (Å²) in [5.41, 5.74) is 2.28. The number of hydrogen-bond acceptors (Lipinski definition) is 3. The molecule has 2 aliphatic rings. The number of nitrogens with zero attached hydrogens (tertiary/aromatic N) is 1. The van der Waals surface area contributed by atoms with Gasteiger partial charge in [0.05, 0.1) is 11.7 Å². The van der Waals surface area contributed by atoms with Crippen LogP contribution in [0.3, 0.4) is 0 Å². The van der Waals surface area contributed by atoms with E-state index < -0.39 is 19.5 Å². The topological polar surface area (TPSA) is 41.6 Å². The Morgan fingerprint density at radius 1 is 1.03 bits per heavy atom. The first kappa shape index (κ1) is 27.3. The van der Waals surface area contributed by atoms with Crippen LogP contribution in [0.25, 0.3) is 0 Å². The van der Waals surface area contributed by atoms with Crippen molar-refractivity contribution in [3.05, 3.63) is 99.3 Å². The molecular formula is C30H33Cl2FN2O2Si. The number of benzene rings is 3. The zero-order valence-electron chi connectivity index (χ0n) is 21.9. The first-order chi connectivity index (χ1) is 18.1. The molecule has 5 rings (SSSR count). The maximum atomic E-state index is 14.8. The standard InChI is InChI=1S/C30H33Cl2FN2O2Si/c1-38(2,3)15-14-37-19-35-27-18-23(32)10-11-26(27)30(29(35)36)25(20-6-4-8-22(31)16-20)12-13-34-28(30)21-7-5-9-24(33)17-21/h4-11,16-18,25,28,34H,12-15,19H2,1-3H3/t25-,28+,30+/m0/s1. The third kappa shape index (κ3) is 5.05. The van der Waals surface area contributed by atoms with Gasteiger partial charge < -0.3 is 10.1 Å². The third-order valence-electron chi connectivity index (χ3n) is 7.73. The first-order valence-electron chi connectivity index (χ1n) is 13.1. The molecule has 0 aromatic heterocycles. The molecule has 38 heavy (non-hydrogen) atoms. The molecular weight excluding hydrogens is 538 g/mol. The highest BCUT2D eigenvalue weighted by molar-refractivity contribution is 6.76. The van der Waals surface area contributed by atoms with Gasteiger partial charge in [0.1, 0.15) is 18.0 Å². The van der Waals surface area contributed by atoms with Crippen LogP contribution in [0.1, 0.15) is 35.1 Å². The van der Waals surface area contributed by atoms with Crippen molar-refractivity contribution in [1.29, 1.82) is 0 Å². The number of nitrogens with one attached hydrogen (secondary N) is 1. The average molecular weight is 572 g/mol. The lowest BCUT2D eigenvalue weighted by atomic mass is 9.59. The van der Waals surface area contributed by atoms with Crippen molar-refractivity contribution in [2.45, 2.75) is 49.5 Å². The highest BCUT2D eigenvalue weighted by Crippen LogP contribution is 2.59. The van der Waals surface area contributed by atoms with Gasteiger partial charge in [0.2, 0.25) is 5.91 Å². The van der Waals surface area contributed by atoms with Gasteiger partial charge in [-0.05, 0) is 72.1 Å². The second-order valence-corrected chi connectivity index (χ2v) is 17.9. The number of hydrogen-bond donors (Lipinski definition) is 1. The van der Waals surface area contributed by atoms with Crippen LogP contribution < -0.4 is 10.2 Å². The Labute approximate surface area is 235 Å². The summed E-state index contributed by atoms with van der Waals surface area (Å²) in [4.78, 5) is 16.5. The van der Waals surface area contributed by atoms with Gasteiger partial charge in [0, 0.05) is 30.6 Å². The van der Waals surface area contributed by atoms with Gasteiger partial charge in [0.25, 0.3) is 0 Å². The minimum Gasteiger partial charge on any atom is -0.361 e. The van der Waals surface area contributed by atoms with E-state index in [0.717, 1.165) is 28.4 Å². The lowest BCUT2D eigenvalue weighted by Gasteiger charge is -2.47. The molecule has 200 valence electrons. The maximum absolute atomic E-state index is 14.8. The second kappa shape index (κ2) is 10.7. The fourth-order valence-electron chi connectivity index (χ4n) is 5.99. The molecule has 0 aliphatic carbocycles. The van der Waals surface area contributed by atoms with Crippen LogP contribution in [0.2, 0.25) is 35.7 Å². The van der Waals surface area contributed by atoms with Gasteiger partial charge in [-0.3, -0.25) is 9.69 Å². The third-order valence-corrected chi connectivity index (χ3v) is 9.91. The highest BCUT2D eigenvalue weighted by atomic mass is 35.5. The van der Waals surface area contributed by atoms with E-state index in [1.165, 1.54) is 12.1 Å². The van der Waals surface area contributed by atoms with E-state index in [1.807, 2.05) is 48.5 Å². The zero-order valence-corrected chi connectivity index (χ0v) is 24.5. The number of carbonyl (C=O) groups is 1. The Bertz CT molecular complexity index is 1290. The normalized spacial score (nSPS) is 23.2. The van der Waals surface area contributed by atoms with Crippen LogP contribution >= 0.6 is 23.2 Å². The van der Waals surface area contributed by atoms with Crippen LogP contribution in [-0.2, 0) is 14.9 Å². The number of piperidine rings is 1. The number of anilines is 1. The van der Waals surface area contributed by atoms with Gasteiger partial charge in [-0.2, -0.15) is 0 Å². The number of halogens is 3. The van der Waals surface area contributed by atoms with Gasteiger partial charge >= 0.3 is 0 Å². The van der Waals surface area contributed by atoms with Crippen molar-refractivity contribution >= 4 is 42.9 Å². The summed E-state index contributed by atoms with van der Waals surface area (Å²) in [6.45, 7) is 8.29. The van der Waals surface area contributed by atoms with E-state index >= 15 is 0 Å². The number of ether oxygens (including phenoxy) is 1. The summed E-state index contributed by atoms with van der Waals surface area (Å²) in [5.74, 6) is -0.609. The predicted molar refractivity (Wildman–Crippen MR) is 156 cm³/mol. The number of carbonyl (C=O) groups excluding carboxylic acids is 1. The van der Waals surface area contributed by atoms with Gasteiger partial charge in [-0.15, -0.1) is 0 Å². The van der Waals surface area contributed by atoms with Crippen LogP contribution in [0.5, 0.6) is 0 Å². The molecule has 0 bridgehead atoms. The number of rotatable bonds is 7. The quantitative estimate of drug-likeness (QED) is 0.235. The lowest BCUT2D eigenvalue weighted by Crippen LogP contribution is -2.56. The van der Waals surface area contributed by atoms with Crippen molar-refractivity contribution in [1.82, 2.24) is 5.32 Å². The van der Waals surface area contributed by atoms with E-state index in [9.17, 15) is 9.18 Å². The molecule has 3 aromatic rings. The van der Waals surface area contributed by atoms with E-state index in [2.05, 4.69) is 25.0 Å². The van der Waals surface area contributed by atoms with Crippen molar-refractivity contribution in [2.24, 2.45) is 0 Å². The molecule has 1 amide bonds. The zero-order chi connectivity index (χ0) is 27.1.